The van der Waals surface area contributed by atoms with E-state index in [-0.39, 0.29) is 12.5 Å². The molecule has 2 aromatic heterocycles. The second kappa shape index (κ2) is 8.01. The van der Waals surface area contributed by atoms with Crippen molar-refractivity contribution in [3.8, 4) is 17.3 Å². The van der Waals surface area contributed by atoms with Crippen LogP contribution < -0.4 is 11.1 Å². The number of nitrogens with one attached hydrogen (secondary N) is 1. The van der Waals surface area contributed by atoms with Gasteiger partial charge in [0.1, 0.15) is 29.2 Å². The first-order valence-electron chi connectivity index (χ1n) is 9.97. The van der Waals surface area contributed by atoms with E-state index in [1.165, 1.54) is 6.07 Å². The van der Waals surface area contributed by atoms with Gasteiger partial charge in [-0.05, 0) is 44.2 Å². The van der Waals surface area contributed by atoms with E-state index in [9.17, 15) is 18.8 Å². The lowest BCUT2D eigenvalue weighted by Crippen LogP contribution is -2.53. The second-order valence-electron chi connectivity index (χ2n) is 7.86. The summed E-state index contributed by atoms with van der Waals surface area (Å²) in [6, 6.07) is 8.86. The van der Waals surface area contributed by atoms with Crippen LogP contribution in [0.3, 0.4) is 0 Å². The summed E-state index contributed by atoms with van der Waals surface area (Å²) >= 11 is 0. The average Bonchev–Trinajstić information content (AvgIpc) is 3.15. The van der Waals surface area contributed by atoms with Crippen LogP contribution in [-0.4, -0.2) is 38.4 Å². The number of nitrogens with two attached hydrogens (primary N) is 1. The molecule has 1 aromatic carbocycles. The number of amides is 1. The van der Waals surface area contributed by atoms with E-state index in [0.29, 0.717) is 47.4 Å². The van der Waals surface area contributed by atoms with Crippen molar-refractivity contribution in [2.75, 3.05) is 18.4 Å². The number of pyridine rings is 1. The van der Waals surface area contributed by atoms with Gasteiger partial charge in [-0.1, -0.05) is 0 Å². The summed E-state index contributed by atoms with van der Waals surface area (Å²) in [5, 5.41) is 12.6. The van der Waals surface area contributed by atoms with E-state index in [4.69, 9.17) is 10.7 Å². The van der Waals surface area contributed by atoms with Crippen LogP contribution in [-0.2, 0) is 16.9 Å². The van der Waals surface area contributed by atoms with E-state index in [1.807, 2.05) is 18.4 Å². The van der Waals surface area contributed by atoms with Crippen molar-refractivity contribution in [1.82, 2.24) is 19.4 Å². The van der Waals surface area contributed by atoms with E-state index in [1.54, 1.807) is 23.2 Å². The molecule has 8 nitrogen and oxygen atoms in total. The largest absolute Gasteiger partial charge is 0.327 e. The van der Waals surface area contributed by atoms with E-state index in [2.05, 4.69) is 16.4 Å². The summed E-state index contributed by atoms with van der Waals surface area (Å²) in [6.45, 7) is 4.33. The SMILES string of the molecule is CC1(C)c2nc(-c3ccc(F)c(F)c3)c(Nc3ncccc3C#N)n2CCN1C(=O)CN. The van der Waals surface area contributed by atoms with Crippen molar-refractivity contribution < 1.29 is 13.6 Å². The number of carbonyl (C=O) groups excluding carboxylic acids is 1. The number of rotatable bonds is 4. The molecule has 0 aliphatic carbocycles. The highest BCUT2D eigenvalue weighted by Gasteiger charge is 2.41. The van der Waals surface area contributed by atoms with Gasteiger partial charge in [0.05, 0.1) is 17.6 Å². The Hall–Kier alpha value is -3.84. The number of fused-ring (bicyclic) bond motifs is 1. The number of carbonyl (C=O) groups is 1. The Morgan fingerprint density at radius 2 is 2.06 bits per heavy atom. The predicted octanol–water partition coefficient (Wildman–Crippen LogP) is 2.87. The van der Waals surface area contributed by atoms with Gasteiger partial charge >= 0.3 is 0 Å². The highest BCUT2D eigenvalue weighted by atomic mass is 19.2. The Labute approximate surface area is 183 Å². The Balaban J connectivity index is 1.91. The molecule has 0 saturated carbocycles. The van der Waals surface area contributed by atoms with Gasteiger partial charge in [-0.3, -0.25) is 4.79 Å². The average molecular weight is 437 g/mol. The summed E-state index contributed by atoms with van der Waals surface area (Å²) in [4.78, 5) is 23.0. The van der Waals surface area contributed by atoms with Gasteiger partial charge in [0, 0.05) is 24.8 Å². The molecular weight excluding hydrogens is 416 g/mol. The zero-order chi connectivity index (χ0) is 23.0. The summed E-state index contributed by atoms with van der Waals surface area (Å²) < 4.78 is 29.5. The second-order valence-corrected chi connectivity index (χ2v) is 7.86. The monoisotopic (exact) mass is 437 g/mol. The number of benzene rings is 1. The van der Waals surface area contributed by atoms with Crippen LogP contribution in [0, 0.1) is 23.0 Å². The van der Waals surface area contributed by atoms with Gasteiger partial charge < -0.3 is 20.5 Å². The molecule has 0 atom stereocenters. The Morgan fingerprint density at radius 3 is 2.75 bits per heavy atom. The van der Waals surface area contributed by atoms with Crippen molar-refractivity contribution in [2.45, 2.75) is 25.9 Å². The molecule has 1 amide bonds. The maximum Gasteiger partial charge on any atom is 0.237 e. The van der Waals surface area contributed by atoms with Crippen LogP contribution in [0.2, 0.25) is 0 Å². The summed E-state index contributed by atoms with van der Waals surface area (Å²) in [7, 11) is 0. The third kappa shape index (κ3) is 3.46. The lowest BCUT2D eigenvalue weighted by atomic mass is 9.99. The topological polar surface area (TPSA) is 113 Å². The molecule has 32 heavy (non-hydrogen) atoms. The minimum atomic E-state index is -1.01. The molecule has 10 heteroatoms. The predicted molar refractivity (Wildman–Crippen MR) is 114 cm³/mol. The molecule has 0 saturated heterocycles. The normalized spacial score (nSPS) is 14.6. The number of hydrogen-bond donors (Lipinski definition) is 2. The van der Waals surface area contributed by atoms with E-state index in [0.717, 1.165) is 12.1 Å². The minimum absolute atomic E-state index is 0.134. The first-order valence-corrected chi connectivity index (χ1v) is 9.97. The van der Waals surface area contributed by atoms with Crippen LogP contribution in [0.5, 0.6) is 0 Å². The quantitative estimate of drug-likeness (QED) is 0.649. The lowest BCUT2D eigenvalue weighted by Gasteiger charge is -2.42. The number of halogens is 2. The number of aromatic nitrogens is 3. The fourth-order valence-corrected chi connectivity index (χ4v) is 3.96. The zero-order valence-electron chi connectivity index (χ0n) is 17.6. The fourth-order valence-electron chi connectivity index (χ4n) is 3.96. The smallest absolute Gasteiger partial charge is 0.237 e. The van der Waals surface area contributed by atoms with Crippen LogP contribution in [0.1, 0.15) is 25.2 Å². The molecule has 1 aliphatic heterocycles. The molecule has 164 valence electrons. The van der Waals surface area contributed by atoms with Gasteiger partial charge in [0.15, 0.2) is 11.6 Å². The number of nitriles is 1. The molecule has 3 heterocycles. The van der Waals surface area contributed by atoms with Crippen LogP contribution in [0.15, 0.2) is 36.5 Å². The van der Waals surface area contributed by atoms with Crippen molar-refractivity contribution in [2.24, 2.45) is 5.73 Å². The molecule has 0 bridgehead atoms. The van der Waals surface area contributed by atoms with Crippen LogP contribution in [0.25, 0.3) is 11.3 Å². The standard InChI is InChI=1S/C22H21F2N7O/c1-22(2)21-28-18(13-5-6-15(23)16(24)10-13)20(29-19-14(11-25)4-3-7-27-19)30(21)8-9-31(22)17(32)12-26/h3-7,10H,8-9,12,26H2,1-2H3,(H,27,29). The van der Waals surface area contributed by atoms with E-state index < -0.39 is 17.2 Å². The number of anilines is 2. The molecule has 0 unspecified atom stereocenters. The fraction of sp³-hybridized carbons (Fsp3) is 0.273. The summed E-state index contributed by atoms with van der Waals surface area (Å²) in [6.07, 6.45) is 1.54. The Morgan fingerprint density at radius 1 is 1.28 bits per heavy atom. The van der Waals surface area contributed by atoms with Gasteiger partial charge in [-0.2, -0.15) is 5.26 Å². The van der Waals surface area contributed by atoms with E-state index >= 15 is 0 Å². The number of imidazole rings is 1. The highest BCUT2D eigenvalue weighted by molar-refractivity contribution is 5.80. The number of hydrogen-bond acceptors (Lipinski definition) is 6. The first kappa shape index (κ1) is 21.4. The molecule has 0 spiro atoms. The highest BCUT2D eigenvalue weighted by Crippen LogP contribution is 2.39. The summed E-state index contributed by atoms with van der Waals surface area (Å²) in [5.74, 6) is -0.876. The maximum absolute atomic E-state index is 14.0. The number of nitrogens with zero attached hydrogens (tertiary/aromatic N) is 5. The summed E-state index contributed by atoms with van der Waals surface area (Å²) in [5.41, 5.74) is 5.78. The third-order valence-electron chi connectivity index (χ3n) is 5.57. The first-order chi connectivity index (χ1) is 15.3. The van der Waals surface area contributed by atoms with Crippen molar-refractivity contribution >= 4 is 17.5 Å². The zero-order valence-corrected chi connectivity index (χ0v) is 17.6. The Bertz CT molecular complexity index is 1250. The van der Waals surface area contributed by atoms with Gasteiger partial charge in [-0.25, -0.2) is 18.7 Å². The van der Waals surface area contributed by atoms with Crippen molar-refractivity contribution in [3.05, 3.63) is 59.6 Å². The van der Waals surface area contributed by atoms with Gasteiger partial charge in [0.2, 0.25) is 5.91 Å². The van der Waals surface area contributed by atoms with Crippen molar-refractivity contribution in [3.63, 3.8) is 0 Å². The molecule has 0 fully saturated rings. The van der Waals surface area contributed by atoms with Gasteiger partial charge in [0.25, 0.3) is 0 Å². The molecule has 3 aromatic rings. The molecule has 1 aliphatic rings. The van der Waals surface area contributed by atoms with Crippen LogP contribution in [0.4, 0.5) is 20.4 Å². The molecule has 4 rings (SSSR count). The third-order valence-corrected chi connectivity index (χ3v) is 5.57. The molecule has 3 N–H and O–H groups in total. The Kier molecular flexibility index (Phi) is 5.36. The van der Waals surface area contributed by atoms with Crippen molar-refractivity contribution in [1.29, 1.82) is 5.26 Å². The van der Waals surface area contributed by atoms with Gasteiger partial charge in [-0.15, -0.1) is 0 Å². The molecular formula is C22H21F2N7O. The lowest BCUT2D eigenvalue weighted by molar-refractivity contribution is -0.137. The maximum atomic E-state index is 14.0. The van der Waals surface area contributed by atoms with Crippen LogP contribution >= 0.6 is 0 Å². The molecule has 0 radical (unpaired) electrons. The minimum Gasteiger partial charge on any atom is -0.327 e.